The number of carbonyl (C=O) groups excluding carboxylic acids is 1. The zero-order chi connectivity index (χ0) is 23.5. The van der Waals surface area contributed by atoms with Gasteiger partial charge < -0.3 is 5.11 Å². The summed E-state index contributed by atoms with van der Waals surface area (Å²) in [5.41, 5.74) is 2.66. The Kier molecular flexibility index (Phi) is 4.87. The zero-order valence-electron chi connectivity index (χ0n) is 22.1. The minimum atomic E-state index is -0.444. The first-order valence-electron chi connectivity index (χ1n) is 13.7. The average Bonchev–Trinajstić information content (AvgIpc) is 3.03. The molecule has 0 amide bonds. The lowest BCUT2D eigenvalue weighted by Crippen LogP contribution is -2.62. The Bertz CT molecular complexity index is 866. The molecule has 0 aromatic carbocycles. The molecule has 5 aliphatic rings. The van der Waals surface area contributed by atoms with Crippen LogP contribution in [-0.2, 0) is 4.79 Å². The van der Waals surface area contributed by atoms with Crippen LogP contribution >= 0.6 is 0 Å². The minimum absolute atomic E-state index is 0.0338. The van der Waals surface area contributed by atoms with Gasteiger partial charge in [-0.25, -0.2) is 0 Å². The third-order valence-electron chi connectivity index (χ3n) is 12.7. The van der Waals surface area contributed by atoms with Gasteiger partial charge in [-0.15, -0.1) is 0 Å². The number of Topliss-reactive ketones (excluding diaryl/α,β-unsaturated/α-hetero) is 1. The number of aliphatic hydroxyl groups excluding tert-OH is 1. The molecule has 0 spiro atoms. The van der Waals surface area contributed by atoms with Crippen LogP contribution in [0.2, 0.25) is 0 Å². The van der Waals surface area contributed by atoms with Crippen LogP contribution < -0.4 is 0 Å². The number of fused-ring (bicyclic) bond motifs is 6. The summed E-state index contributed by atoms with van der Waals surface area (Å²) in [6.45, 7) is 19.4. The summed E-state index contributed by atoms with van der Waals surface area (Å²) in [7, 11) is 0. The normalized spacial score (nSPS) is 52.4. The number of hydrogen-bond acceptors (Lipinski definition) is 2. The Balaban J connectivity index is 1.67. The highest BCUT2D eigenvalue weighted by Gasteiger charge is 2.69. The van der Waals surface area contributed by atoms with E-state index in [4.69, 9.17) is 0 Å². The lowest BCUT2D eigenvalue weighted by molar-refractivity contribution is -0.149. The van der Waals surface area contributed by atoms with Crippen molar-refractivity contribution in [2.45, 2.75) is 119 Å². The third-order valence-corrected chi connectivity index (χ3v) is 12.7. The number of rotatable bonds is 1. The molecule has 0 bridgehead atoms. The van der Waals surface area contributed by atoms with Gasteiger partial charge in [0.05, 0.1) is 6.10 Å². The molecule has 0 aromatic heterocycles. The van der Waals surface area contributed by atoms with Crippen molar-refractivity contribution in [2.24, 2.45) is 50.7 Å². The zero-order valence-corrected chi connectivity index (χ0v) is 22.1. The highest BCUT2D eigenvalue weighted by atomic mass is 16.3. The van der Waals surface area contributed by atoms with E-state index in [-0.39, 0.29) is 21.7 Å². The Morgan fingerprint density at radius 3 is 2.25 bits per heavy atom. The van der Waals surface area contributed by atoms with Crippen LogP contribution in [0.3, 0.4) is 0 Å². The Labute approximate surface area is 197 Å². The molecule has 3 fully saturated rings. The first kappa shape index (κ1) is 23.1. The second-order valence-electron chi connectivity index (χ2n) is 14.7. The van der Waals surface area contributed by atoms with Gasteiger partial charge in [0.1, 0.15) is 0 Å². The maximum Gasteiger partial charge on any atom is 0.160 e. The lowest BCUT2D eigenvalue weighted by Gasteiger charge is -2.67. The van der Waals surface area contributed by atoms with Gasteiger partial charge in [-0.2, -0.15) is 0 Å². The van der Waals surface area contributed by atoms with Crippen molar-refractivity contribution in [1.82, 2.24) is 0 Å². The van der Waals surface area contributed by atoms with Crippen molar-refractivity contribution < 1.29 is 9.90 Å². The Morgan fingerprint density at radius 1 is 0.906 bits per heavy atom. The summed E-state index contributed by atoms with van der Waals surface area (Å²) in [4.78, 5) is 14.2. The molecule has 8 atom stereocenters. The molecule has 3 saturated carbocycles. The molecule has 0 aromatic rings. The predicted octanol–water partition coefficient (Wildman–Crippen LogP) is 7.35. The van der Waals surface area contributed by atoms with Crippen molar-refractivity contribution in [3.05, 3.63) is 11.1 Å². The topological polar surface area (TPSA) is 37.3 Å². The highest BCUT2D eigenvalue weighted by molar-refractivity contribution is 6.00. The number of hydrogen-bond donors (Lipinski definition) is 1. The molecule has 32 heavy (non-hydrogen) atoms. The predicted molar refractivity (Wildman–Crippen MR) is 131 cm³/mol. The van der Waals surface area contributed by atoms with Crippen LogP contribution in [0.5, 0.6) is 0 Å². The fourth-order valence-electron chi connectivity index (χ4n) is 11.1. The molecule has 0 radical (unpaired) electrons. The summed E-state index contributed by atoms with van der Waals surface area (Å²) >= 11 is 0. The highest BCUT2D eigenvalue weighted by Crippen LogP contribution is 2.75. The van der Waals surface area contributed by atoms with Gasteiger partial charge in [-0.1, -0.05) is 61.8 Å². The van der Waals surface area contributed by atoms with Gasteiger partial charge in [0.2, 0.25) is 0 Å². The molecule has 0 heterocycles. The molecule has 0 unspecified atom stereocenters. The van der Waals surface area contributed by atoms with Gasteiger partial charge in [0, 0.05) is 12.0 Å². The molecular formula is C30H48O2. The van der Waals surface area contributed by atoms with E-state index in [2.05, 4.69) is 55.4 Å². The van der Waals surface area contributed by atoms with Crippen LogP contribution in [0, 0.1) is 50.7 Å². The monoisotopic (exact) mass is 440 g/mol. The molecule has 2 nitrogen and oxygen atoms in total. The minimum Gasteiger partial charge on any atom is -0.389 e. The smallest absolute Gasteiger partial charge is 0.160 e. The Hall–Kier alpha value is -0.630. The number of ketones is 1. The second-order valence-corrected chi connectivity index (χ2v) is 14.7. The fraction of sp³-hybridized carbons (Fsp3) is 0.900. The summed E-state index contributed by atoms with van der Waals surface area (Å²) in [6, 6.07) is 0. The second kappa shape index (κ2) is 6.73. The third kappa shape index (κ3) is 2.60. The average molecular weight is 441 g/mol. The number of carbonyl (C=O) groups is 1. The van der Waals surface area contributed by atoms with Crippen molar-refractivity contribution in [2.75, 3.05) is 0 Å². The maximum atomic E-state index is 14.2. The molecule has 5 aliphatic carbocycles. The van der Waals surface area contributed by atoms with E-state index in [1.807, 2.05) is 0 Å². The quantitative estimate of drug-likeness (QED) is 0.463. The summed E-state index contributed by atoms with van der Waals surface area (Å²) < 4.78 is 0. The van der Waals surface area contributed by atoms with Crippen molar-refractivity contribution in [3.8, 4) is 0 Å². The van der Waals surface area contributed by atoms with Crippen LogP contribution in [-0.4, -0.2) is 17.0 Å². The molecular weight excluding hydrogens is 392 g/mol. The standard InChI is InChI=1S/C30H48O2/c1-18(2)19-10-11-22-27(19,5)14-15-29(7)25-20(31)16-23-26(3,4)12-9-13-28(23,6)24(25)21(32)17-30(22,29)8/h18-20,22-23,31H,9-17H2,1-8H3/t19-,20-,22-,23+,27-,28+,29-,30+/m1/s1. The van der Waals surface area contributed by atoms with E-state index in [0.29, 0.717) is 35.4 Å². The van der Waals surface area contributed by atoms with Crippen LogP contribution in [0.1, 0.15) is 113 Å². The van der Waals surface area contributed by atoms with Gasteiger partial charge in [-0.3, -0.25) is 4.79 Å². The first-order chi connectivity index (χ1) is 14.7. The number of aliphatic hydroxyl groups is 1. The number of allylic oxidation sites excluding steroid dienone is 1. The largest absolute Gasteiger partial charge is 0.389 e. The van der Waals surface area contributed by atoms with Gasteiger partial charge in [0.15, 0.2) is 5.78 Å². The summed E-state index contributed by atoms with van der Waals surface area (Å²) in [5.74, 6) is 2.84. The van der Waals surface area contributed by atoms with Gasteiger partial charge in [0.25, 0.3) is 0 Å². The van der Waals surface area contributed by atoms with E-state index in [0.717, 1.165) is 30.8 Å². The molecule has 2 heteroatoms. The molecule has 5 rings (SSSR count). The van der Waals surface area contributed by atoms with Crippen molar-refractivity contribution in [1.29, 1.82) is 0 Å². The SMILES string of the molecule is CC(C)[C@H]1CC[C@@H]2[C@]1(C)CC[C@]1(C)C3=C(C(=O)C[C@@]21C)[C@@]1(C)CCCC(C)(C)[C@@H]1C[C@H]3O. The molecule has 0 aliphatic heterocycles. The summed E-state index contributed by atoms with van der Waals surface area (Å²) in [6.07, 6.45) is 9.56. The lowest BCUT2D eigenvalue weighted by atomic mass is 9.37. The molecule has 180 valence electrons. The van der Waals surface area contributed by atoms with Gasteiger partial charge >= 0.3 is 0 Å². The van der Waals surface area contributed by atoms with Crippen molar-refractivity contribution in [3.63, 3.8) is 0 Å². The van der Waals surface area contributed by atoms with Crippen LogP contribution in [0.15, 0.2) is 11.1 Å². The van der Waals surface area contributed by atoms with E-state index in [9.17, 15) is 9.90 Å². The van der Waals surface area contributed by atoms with E-state index in [1.54, 1.807) is 0 Å². The summed E-state index contributed by atoms with van der Waals surface area (Å²) in [5, 5.41) is 11.8. The molecule has 1 N–H and O–H groups in total. The maximum absolute atomic E-state index is 14.2. The fourth-order valence-corrected chi connectivity index (χ4v) is 11.1. The van der Waals surface area contributed by atoms with E-state index >= 15 is 0 Å². The Morgan fingerprint density at radius 2 is 1.59 bits per heavy atom. The van der Waals surface area contributed by atoms with Crippen molar-refractivity contribution >= 4 is 5.78 Å². The van der Waals surface area contributed by atoms with E-state index in [1.165, 1.54) is 37.7 Å². The van der Waals surface area contributed by atoms with Gasteiger partial charge in [-0.05, 0) is 101 Å². The van der Waals surface area contributed by atoms with E-state index < -0.39 is 6.10 Å². The van der Waals surface area contributed by atoms with Crippen LogP contribution in [0.25, 0.3) is 0 Å². The molecule has 0 saturated heterocycles. The first-order valence-corrected chi connectivity index (χ1v) is 13.7. The van der Waals surface area contributed by atoms with Crippen LogP contribution in [0.4, 0.5) is 0 Å².